The fraction of sp³-hybridized carbons (Fsp3) is 0.188. The second-order valence-electron chi connectivity index (χ2n) is 4.62. The van der Waals surface area contributed by atoms with Crippen molar-refractivity contribution in [2.24, 2.45) is 0 Å². The quantitative estimate of drug-likeness (QED) is 0.780. The standard InChI is InChI=1S/C16H16FN3/c1-2-20-15-6-4-3-5-14(15)19-16(20)11-18-13-9-7-12(17)8-10-13/h3-10,18H,2,11H2,1H3. The third-order valence-electron chi connectivity index (χ3n) is 3.34. The van der Waals surface area contributed by atoms with Crippen LogP contribution < -0.4 is 5.32 Å². The monoisotopic (exact) mass is 269 g/mol. The number of hydrogen-bond donors (Lipinski definition) is 1. The van der Waals surface area contributed by atoms with Gasteiger partial charge in [0, 0.05) is 12.2 Å². The predicted octanol–water partition coefficient (Wildman–Crippen LogP) is 3.81. The van der Waals surface area contributed by atoms with Gasteiger partial charge in [0.05, 0.1) is 17.6 Å². The van der Waals surface area contributed by atoms with E-state index in [-0.39, 0.29) is 5.82 Å². The van der Waals surface area contributed by atoms with E-state index in [1.165, 1.54) is 12.1 Å². The number of halogens is 1. The molecule has 3 aromatic rings. The number of aryl methyl sites for hydroxylation is 1. The number of benzene rings is 2. The molecule has 0 atom stereocenters. The van der Waals surface area contributed by atoms with Crippen LogP contribution in [0.4, 0.5) is 10.1 Å². The largest absolute Gasteiger partial charge is 0.378 e. The van der Waals surface area contributed by atoms with Crippen molar-refractivity contribution in [3.05, 3.63) is 60.2 Å². The molecule has 2 aromatic carbocycles. The summed E-state index contributed by atoms with van der Waals surface area (Å²) in [6.45, 7) is 3.60. The summed E-state index contributed by atoms with van der Waals surface area (Å²) >= 11 is 0. The van der Waals surface area contributed by atoms with Gasteiger partial charge in [-0.15, -0.1) is 0 Å². The molecule has 4 heteroatoms. The lowest BCUT2D eigenvalue weighted by atomic mass is 10.3. The SMILES string of the molecule is CCn1c(CNc2ccc(F)cc2)nc2ccccc21. The first-order chi connectivity index (χ1) is 9.78. The molecule has 0 radical (unpaired) electrons. The molecule has 0 aliphatic rings. The summed E-state index contributed by atoms with van der Waals surface area (Å²) in [5, 5.41) is 3.27. The van der Waals surface area contributed by atoms with E-state index >= 15 is 0 Å². The van der Waals surface area contributed by atoms with Gasteiger partial charge in [-0.25, -0.2) is 9.37 Å². The Bertz CT molecular complexity index is 716. The average Bonchev–Trinajstić information content (AvgIpc) is 2.84. The number of para-hydroxylation sites is 2. The lowest BCUT2D eigenvalue weighted by molar-refractivity contribution is 0.628. The lowest BCUT2D eigenvalue weighted by Gasteiger charge is -2.08. The van der Waals surface area contributed by atoms with Crippen molar-refractivity contribution in [3.8, 4) is 0 Å². The number of rotatable bonds is 4. The molecule has 0 bridgehead atoms. The van der Waals surface area contributed by atoms with Gasteiger partial charge in [0.25, 0.3) is 0 Å². The van der Waals surface area contributed by atoms with Crippen molar-refractivity contribution < 1.29 is 4.39 Å². The summed E-state index contributed by atoms with van der Waals surface area (Å²) in [7, 11) is 0. The van der Waals surface area contributed by atoms with E-state index in [1.807, 2.05) is 18.2 Å². The van der Waals surface area contributed by atoms with Crippen LogP contribution in [-0.2, 0) is 13.1 Å². The number of nitrogens with one attached hydrogen (secondary N) is 1. The van der Waals surface area contributed by atoms with Gasteiger partial charge in [-0.1, -0.05) is 12.1 Å². The zero-order valence-corrected chi connectivity index (χ0v) is 11.3. The Labute approximate surface area is 117 Å². The number of hydrogen-bond acceptors (Lipinski definition) is 2. The van der Waals surface area contributed by atoms with Gasteiger partial charge in [-0.05, 0) is 43.3 Å². The first-order valence-corrected chi connectivity index (χ1v) is 6.71. The number of anilines is 1. The zero-order valence-electron chi connectivity index (χ0n) is 11.3. The van der Waals surface area contributed by atoms with E-state index in [0.29, 0.717) is 6.54 Å². The van der Waals surface area contributed by atoms with Crippen molar-refractivity contribution in [3.63, 3.8) is 0 Å². The van der Waals surface area contributed by atoms with E-state index in [2.05, 4.69) is 27.9 Å². The highest BCUT2D eigenvalue weighted by molar-refractivity contribution is 5.75. The molecular formula is C16H16FN3. The molecule has 3 nitrogen and oxygen atoms in total. The van der Waals surface area contributed by atoms with Crippen molar-refractivity contribution >= 4 is 16.7 Å². The molecule has 1 aromatic heterocycles. The van der Waals surface area contributed by atoms with Gasteiger partial charge in [0.15, 0.2) is 0 Å². The van der Waals surface area contributed by atoms with Gasteiger partial charge in [-0.3, -0.25) is 0 Å². The summed E-state index contributed by atoms with van der Waals surface area (Å²) in [4.78, 5) is 4.64. The first-order valence-electron chi connectivity index (χ1n) is 6.71. The molecule has 1 heterocycles. The van der Waals surface area contributed by atoms with Gasteiger partial charge >= 0.3 is 0 Å². The Hall–Kier alpha value is -2.36. The topological polar surface area (TPSA) is 29.9 Å². The van der Waals surface area contributed by atoms with Crippen LogP contribution >= 0.6 is 0 Å². The summed E-state index contributed by atoms with van der Waals surface area (Å²) in [5.41, 5.74) is 3.04. The van der Waals surface area contributed by atoms with Crippen LogP contribution in [0.5, 0.6) is 0 Å². The molecule has 1 N–H and O–H groups in total. The Kier molecular flexibility index (Phi) is 3.37. The smallest absolute Gasteiger partial charge is 0.129 e. The molecule has 0 aliphatic heterocycles. The van der Waals surface area contributed by atoms with Gasteiger partial charge in [0.1, 0.15) is 11.6 Å². The molecule has 0 unspecified atom stereocenters. The number of nitrogens with zero attached hydrogens (tertiary/aromatic N) is 2. The minimum Gasteiger partial charge on any atom is -0.378 e. The Morgan fingerprint density at radius 3 is 2.60 bits per heavy atom. The Morgan fingerprint density at radius 1 is 1.10 bits per heavy atom. The normalized spacial score (nSPS) is 10.9. The highest BCUT2D eigenvalue weighted by atomic mass is 19.1. The van der Waals surface area contributed by atoms with Crippen molar-refractivity contribution in [2.45, 2.75) is 20.0 Å². The molecule has 0 saturated carbocycles. The Balaban J connectivity index is 1.85. The summed E-state index contributed by atoms with van der Waals surface area (Å²) < 4.78 is 15.1. The first kappa shape index (κ1) is 12.7. The second-order valence-corrected chi connectivity index (χ2v) is 4.62. The minimum atomic E-state index is -0.226. The zero-order chi connectivity index (χ0) is 13.9. The van der Waals surface area contributed by atoms with Crippen molar-refractivity contribution in [1.82, 2.24) is 9.55 Å². The maximum absolute atomic E-state index is 12.9. The molecule has 0 aliphatic carbocycles. The van der Waals surface area contributed by atoms with Crippen LogP contribution in [0.15, 0.2) is 48.5 Å². The third-order valence-corrected chi connectivity index (χ3v) is 3.34. The molecular weight excluding hydrogens is 253 g/mol. The Morgan fingerprint density at radius 2 is 1.85 bits per heavy atom. The van der Waals surface area contributed by atoms with Gasteiger partial charge < -0.3 is 9.88 Å². The van der Waals surface area contributed by atoms with Gasteiger partial charge in [-0.2, -0.15) is 0 Å². The van der Waals surface area contributed by atoms with Crippen LogP contribution in [0, 0.1) is 5.82 Å². The molecule has 20 heavy (non-hydrogen) atoms. The van der Waals surface area contributed by atoms with Crippen LogP contribution in [0.2, 0.25) is 0 Å². The fourth-order valence-electron chi connectivity index (χ4n) is 2.36. The van der Waals surface area contributed by atoms with Crippen LogP contribution in [0.3, 0.4) is 0 Å². The highest BCUT2D eigenvalue weighted by Gasteiger charge is 2.08. The number of fused-ring (bicyclic) bond motifs is 1. The highest BCUT2D eigenvalue weighted by Crippen LogP contribution is 2.17. The van der Waals surface area contributed by atoms with Crippen LogP contribution in [-0.4, -0.2) is 9.55 Å². The molecule has 0 fully saturated rings. The third kappa shape index (κ3) is 2.37. The molecule has 102 valence electrons. The minimum absolute atomic E-state index is 0.226. The second kappa shape index (κ2) is 5.33. The maximum Gasteiger partial charge on any atom is 0.129 e. The predicted molar refractivity (Wildman–Crippen MR) is 79.1 cm³/mol. The van der Waals surface area contributed by atoms with E-state index in [9.17, 15) is 4.39 Å². The van der Waals surface area contributed by atoms with Crippen LogP contribution in [0.1, 0.15) is 12.7 Å². The summed E-state index contributed by atoms with van der Waals surface area (Å²) in [6.07, 6.45) is 0. The van der Waals surface area contributed by atoms with E-state index in [1.54, 1.807) is 12.1 Å². The maximum atomic E-state index is 12.9. The number of aromatic nitrogens is 2. The lowest BCUT2D eigenvalue weighted by Crippen LogP contribution is -2.07. The van der Waals surface area contributed by atoms with Crippen molar-refractivity contribution in [2.75, 3.05) is 5.32 Å². The van der Waals surface area contributed by atoms with Crippen molar-refractivity contribution in [1.29, 1.82) is 0 Å². The molecule has 0 spiro atoms. The number of imidazole rings is 1. The fourth-order valence-corrected chi connectivity index (χ4v) is 2.36. The molecule has 0 saturated heterocycles. The van der Waals surface area contributed by atoms with E-state index < -0.39 is 0 Å². The van der Waals surface area contributed by atoms with Gasteiger partial charge in [0.2, 0.25) is 0 Å². The van der Waals surface area contributed by atoms with E-state index in [0.717, 1.165) is 29.1 Å². The van der Waals surface area contributed by atoms with E-state index in [4.69, 9.17) is 0 Å². The summed E-state index contributed by atoms with van der Waals surface area (Å²) in [6, 6.07) is 14.5. The average molecular weight is 269 g/mol. The molecule has 3 rings (SSSR count). The van der Waals surface area contributed by atoms with Crippen LogP contribution in [0.25, 0.3) is 11.0 Å². The summed E-state index contributed by atoms with van der Waals surface area (Å²) in [5.74, 6) is 0.759. The molecule has 0 amide bonds.